The molecule has 0 unspecified atom stereocenters. The molecule has 6 heterocycles. The highest BCUT2D eigenvalue weighted by Gasteiger charge is 2.27. The molecule has 2 saturated heterocycles. The van der Waals surface area contributed by atoms with Crippen LogP contribution in [0.5, 0.6) is 5.75 Å². The summed E-state index contributed by atoms with van der Waals surface area (Å²) in [7, 11) is 0. The third kappa shape index (κ3) is 6.70. The molecule has 0 spiro atoms. The van der Waals surface area contributed by atoms with Crippen molar-refractivity contribution < 1.29 is 27.8 Å². The number of amides is 2. The number of alkyl halides is 2. The van der Waals surface area contributed by atoms with E-state index in [0.717, 1.165) is 45.7 Å². The van der Waals surface area contributed by atoms with Crippen molar-refractivity contribution in [3.8, 4) is 23.1 Å². The third-order valence-electron chi connectivity index (χ3n) is 8.62. The van der Waals surface area contributed by atoms with Crippen molar-refractivity contribution in [3.05, 3.63) is 59.5 Å². The number of halogens is 2. The van der Waals surface area contributed by atoms with Gasteiger partial charge in [0.25, 0.3) is 5.91 Å². The zero-order chi connectivity index (χ0) is 33.2. The SMILES string of the molecule is N#Cc1cc2cc(OC(F)F)c(-c3nn(CC(=O)N4CCC(CN5CCOCC5)CC4)cc3NC(=O)c3cnn4cccnc34)cc2s1. The van der Waals surface area contributed by atoms with Crippen molar-refractivity contribution >= 4 is 44.6 Å². The summed E-state index contributed by atoms with van der Waals surface area (Å²) in [4.78, 5) is 35.9. The molecule has 48 heavy (non-hydrogen) atoms. The Morgan fingerprint density at radius 3 is 2.75 bits per heavy atom. The highest BCUT2D eigenvalue weighted by molar-refractivity contribution is 7.19. The van der Waals surface area contributed by atoms with Crippen LogP contribution in [0, 0.1) is 17.2 Å². The number of fused-ring (bicyclic) bond motifs is 2. The average molecular weight is 676 g/mol. The second-order valence-corrected chi connectivity index (χ2v) is 12.8. The fourth-order valence-electron chi connectivity index (χ4n) is 6.22. The Morgan fingerprint density at radius 1 is 1.17 bits per heavy atom. The number of benzene rings is 1. The number of hydrogen-bond donors (Lipinski definition) is 1. The van der Waals surface area contributed by atoms with Gasteiger partial charge in [-0.15, -0.1) is 11.3 Å². The molecule has 13 nitrogen and oxygen atoms in total. The van der Waals surface area contributed by atoms with E-state index in [1.54, 1.807) is 24.4 Å². The van der Waals surface area contributed by atoms with Gasteiger partial charge in [0.15, 0.2) is 5.65 Å². The number of anilines is 1. The number of piperidine rings is 1. The number of nitrogens with one attached hydrogen (secondary N) is 1. The fraction of sp³-hybridized carbons (Fsp3) is 0.375. The van der Waals surface area contributed by atoms with Gasteiger partial charge in [-0.1, -0.05) is 0 Å². The summed E-state index contributed by atoms with van der Waals surface area (Å²) < 4.78 is 41.1. The smallest absolute Gasteiger partial charge is 0.387 e. The van der Waals surface area contributed by atoms with Gasteiger partial charge in [-0.2, -0.15) is 24.2 Å². The Bertz CT molecular complexity index is 2010. The summed E-state index contributed by atoms with van der Waals surface area (Å²) in [6, 6.07) is 8.35. The first-order valence-electron chi connectivity index (χ1n) is 15.5. The van der Waals surface area contributed by atoms with Crippen LogP contribution in [0.2, 0.25) is 0 Å². The highest BCUT2D eigenvalue weighted by atomic mass is 32.1. The number of morpholine rings is 1. The standard InChI is InChI=1S/C32H31F2N9O4S/c33-32(34)47-26-13-21-12-22(15-35)48-27(21)14-23(26)29-25(38-31(45)24-16-37-43-5-1-4-36-30(24)43)18-42(39-29)19-28(44)41-6-2-20(3-7-41)17-40-8-10-46-11-9-40/h1,4-5,12-14,16,18,20,32H,2-3,6-11,17,19H2,(H,38,45). The number of nitriles is 1. The molecule has 7 rings (SSSR count). The van der Waals surface area contributed by atoms with Gasteiger partial charge in [0.2, 0.25) is 5.91 Å². The summed E-state index contributed by atoms with van der Waals surface area (Å²) in [6.45, 7) is 2.32. The van der Waals surface area contributed by atoms with Gasteiger partial charge in [0.1, 0.15) is 34.5 Å². The lowest BCUT2D eigenvalue weighted by Crippen LogP contribution is -2.45. The maximum absolute atomic E-state index is 13.6. The Hall–Kier alpha value is -4.98. The van der Waals surface area contributed by atoms with Crippen LogP contribution in [0.3, 0.4) is 0 Å². The molecule has 2 fully saturated rings. The molecule has 2 aliphatic rings. The average Bonchev–Trinajstić information content (AvgIpc) is 3.81. The fourth-order valence-corrected chi connectivity index (χ4v) is 7.10. The Morgan fingerprint density at radius 2 is 1.98 bits per heavy atom. The molecule has 0 saturated carbocycles. The predicted octanol–water partition coefficient (Wildman–Crippen LogP) is 4.10. The van der Waals surface area contributed by atoms with Crippen molar-refractivity contribution in [1.82, 2.24) is 34.2 Å². The van der Waals surface area contributed by atoms with Gasteiger partial charge in [0.05, 0.1) is 25.1 Å². The van der Waals surface area contributed by atoms with E-state index < -0.39 is 12.5 Å². The molecule has 2 aliphatic heterocycles. The van der Waals surface area contributed by atoms with E-state index in [0.29, 0.717) is 39.6 Å². The first-order chi connectivity index (χ1) is 23.3. The van der Waals surface area contributed by atoms with E-state index in [2.05, 4.69) is 31.5 Å². The zero-order valence-electron chi connectivity index (χ0n) is 25.7. The lowest BCUT2D eigenvalue weighted by Gasteiger charge is -2.36. The predicted molar refractivity (Wildman–Crippen MR) is 172 cm³/mol. The van der Waals surface area contributed by atoms with E-state index >= 15 is 0 Å². The molecule has 0 radical (unpaired) electrons. The maximum Gasteiger partial charge on any atom is 0.387 e. The van der Waals surface area contributed by atoms with E-state index in [1.165, 1.54) is 45.2 Å². The second kappa shape index (κ2) is 13.6. The van der Waals surface area contributed by atoms with Crippen molar-refractivity contribution in [2.24, 2.45) is 5.92 Å². The highest BCUT2D eigenvalue weighted by Crippen LogP contribution is 2.40. The van der Waals surface area contributed by atoms with Crippen LogP contribution in [-0.2, 0) is 16.1 Å². The zero-order valence-corrected chi connectivity index (χ0v) is 26.5. The number of hydrogen-bond acceptors (Lipinski definition) is 10. The van der Waals surface area contributed by atoms with Crippen molar-refractivity contribution in [2.75, 3.05) is 51.3 Å². The van der Waals surface area contributed by atoms with Crippen LogP contribution in [0.15, 0.2) is 49.1 Å². The molecule has 0 atom stereocenters. The summed E-state index contributed by atoms with van der Waals surface area (Å²) in [5.74, 6) is -0.387. The second-order valence-electron chi connectivity index (χ2n) is 11.7. The van der Waals surface area contributed by atoms with Gasteiger partial charge in [-0.3, -0.25) is 19.2 Å². The summed E-state index contributed by atoms with van der Waals surface area (Å²) in [5.41, 5.74) is 0.957. The normalized spacial score (nSPS) is 16.1. The number of aromatic nitrogens is 5. The van der Waals surface area contributed by atoms with Crippen molar-refractivity contribution in [3.63, 3.8) is 0 Å². The minimum Gasteiger partial charge on any atom is -0.434 e. The van der Waals surface area contributed by atoms with Gasteiger partial charge < -0.3 is 19.7 Å². The molecule has 0 bridgehead atoms. The van der Waals surface area contributed by atoms with Gasteiger partial charge >= 0.3 is 6.61 Å². The van der Waals surface area contributed by atoms with Crippen molar-refractivity contribution in [2.45, 2.75) is 26.0 Å². The number of carbonyl (C=O) groups is 2. The van der Waals surface area contributed by atoms with Crippen LogP contribution in [0.25, 0.3) is 27.0 Å². The van der Waals surface area contributed by atoms with E-state index in [1.807, 2.05) is 4.90 Å². The van der Waals surface area contributed by atoms with Gasteiger partial charge in [-0.25, -0.2) is 9.50 Å². The van der Waals surface area contributed by atoms with Crippen LogP contribution in [-0.4, -0.2) is 98.5 Å². The molecule has 5 aromatic rings. The molecule has 2 amide bonds. The van der Waals surface area contributed by atoms with Crippen molar-refractivity contribution in [1.29, 1.82) is 5.26 Å². The molecular formula is C32H31F2N9O4S. The lowest BCUT2D eigenvalue weighted by atomic mass is 9.96. The molecule has 1 N–H and O–H groups in total. The first-order valence-corrected chi connectivity index (χ1v) is 16.3. The molecule has 0 aliphatic carbocycles. The quantitative estimate of drug-likeness (QED) is 0.244. The molecule has 248 valence electrons. The van der Waals surface area contributed by atoms with Crippen LogP contribution in [0.4, 0.5) is 14.5 Å². The number of carbonyl (C=O) groups excluding carboxylic acids is 2. The Balaban J connectivity index is 1.17. The van der Waals surface area contributed by atoms with Gasteiger partial charge in [-0.05, 0) is 48.4 Å². The van der Waals surface area contributed by atoms with E-state index in [9.17, 15) is 23.6 Å². The largest absolute Gasteiger partial charge is 0.434 e. The van der Waals surface area contributed by atoms with E-state index in [-0.39, 0.29) is 40.7 Å². The molecule has 16 heteroatoms. The van der Waals surface area contributed by atoms with Crippen LogP contribution < -0.4 is 10.1 Å². The Labute approximate surface area is 277 Å². The number of rotatable bonds is 9. The molecule has 1 aromatic carbocycles. The topological polar surface area (TPSA) is 143 Å². The minimum atomic E-state index is -3.15. The maximum atomic E-state index is 13.6. The minimum absolute atomic E-state index is 0.120. The number of nitrogens with zero attached hydrogens (tertiary/aromatic N) is 8. The third-order valence-corrected chi connectivity index (χ3v) is 9.62. The summed E-state index contributed by atoms with van der Waals surface area (Å²) in [5, 5.41) is 21.6. The number of likely N-dealkylation sites (tertiary alicyclic amines) is 1. The molecular weight excluding hydrogens is 644 g/mol. The lowest BCUT2D eigenvalue weighted by molar-refractivity contribution is -0.133. The molecule has 4 aromatic heterocycles. The number of thiophene rings is 1. The first kappa shape index (κ1) is 31.6. The van der Waals surface area contributed by atoms with Crippen LogP contribution >= 0.6 is 11.3 Å². The van der Waals surface area contributed by atoms with E-state index in [4.69, 9.17) is 9.47 Å². The monoisotopic (exact) mass is 675 g/mol. The summed E-state index contributed by atoms with van der Waals surface area (Å²) in [6.07, 6.45) is 7.85. The van der Waals surface area contributed by atoms with Crippen LogP contribution in [0.1, 0.15) is 28.1 Å². The number of ether oxygens (including phenoxy) is 2. The summed E-state index contributed by atoms with van der Waals surface area (Å²) >= 11 is 1.18. The van der Waals surface area contributed by atoms with Gasteiger partial charge in [0, 0.05) is 61.6 Å². The Kier molecular flexibility index (Phi) is 8.98.